The summed E-state index contributed by atoms with van der Waals surface area (Å²) in [5, 5.41) is -0.0125. The second kappa shape index (κ2) is 8.61. The third-order valence-corrected chi connectivity index (χ3v) is 6.55. The molecule has 2 heterocycles. The summed E-state index contributed by atoms with van der Waals surface area (Å²) in [5.41, 5.74) is 6.54. The Morgan fingerprint density at radius 1 is 1.25 bits per heavy atom. The van der Waals surface area contributed by atoms with Crippen molar-refractivity contribution in [1.29, 1.82) is 0 Å². The second-order valence-corrected chi connectivity index (χ2v) is 9.24. The first kappa shape index (κ1) is 22.4. The number of nitrogens with zero attached hydrogens (tertiary/aromatic N) is 4. The number of alkyl halides is 2. The van der Waals surface area contributed by atoms with Crippen LogP contribution in [0.5, 0.6) is 0 Å². The molecule has 0 spiro atoms. The molecule has 170 valence electrons. The van der Waals surface area contributed by atoms with E-state index in [0.717, 1.165) is 0 Å². The fourth-order valence-electron chi connectivity index (χ4n) is 3.70. The minimum Gasteiger partial charge on any atom is -0.368 e. The molecule has 3 N–H and O–H groups in total. The van der Waals surface area contributed by atoms with Gasteiger partial charge in [0.2, 0.25) is 11.9 Å². The first-order valence-electron chi connectivity index (χ1n) is 10.3. The van der Waals surface area contributed by atoms with Crippen molar-refractivity contribution < 1.29 is 13.2 Å². The maximum Gasteiger partial charge on any atom is 0.278 e. The first-order valence-corrected chi connectivity index (χ1v) is 11.2. The SMILES string of the molecule is CC(C)n1c(=O)c(-c2ccc(NSC3CCC(F)(F)CC3)c(F)c2)nc2cnc(N)nc21. The molecular formula is C21H23F3N6OS. The number of benzene rings is 1. The average Bonchev–Trinajstić information content (AvgIpc) is 2.73. The normalized spacial score (nSPS) is 16.6. The van der Waals surface area contributed by atoms with E-state index in [0.29, 0.717) is 29.6 Å². The summed E-state index contributed by atoms with van der Waals surface area (Å²) < 4.78 is 45.8. The maximum absolute atomic E-state index is 14.8. The predicted molar refractivity (Wildman–Crippen MR) is 120 cm³/mol. The molecule has 4 rings (SSSR count). The van der Waals surface area contributed by atoms with Crippen LogP contribution in [0.1, 0.15) is 45.6 Å². The van der Waals surface area contributed by atoms with Crippen molar-refractivity contribution in [3.63, 3.8) is 0 Å². The first-order chi connectivity index (χ1) is 15.1. The smallest absolute Gasteiger partial charge is 0.278 e. The van der Waals surface area contributed by atoms with Gasteiger partial charge in [-0.05, 0) is 50.8 Å². The molecule has 0 bridgehead atoms. The summed E-state index contributed by atoms with van der Waals surface area (Å²) in [7, 11) is 0. The molecule has 1 aliphatic rings. The number of hydrogen-bond acceptors (Lipinski definition) is 7. The Labute approximate surface area is 186 Å². The maximum atomic E-state index is 14.8. The Morgan fingerprint density at radius 2 is 1.97 bits per heavy atom. The van der Waals surface area contributed by atoms with Crippen LogP contribution in [0.2, 0.25) is 0 Å². The highest BCUT2D eigenvalue weighted by Gasteiger charge is 2.35. The monoisotopic (exact) mass is 464 g/mol. The number of rotatable bonds is 5. The molecule has 11 heteroatoms. The van der Waals surface area contributed by atoms with E-state index >= 15 is 0 Å². The molecule has 1 aliphatic carbocycles. The van der Waals surface area contributed by atoms with Gasteiger partial charge in [0.25, 0.3) is 5.56 Å². The lowest BCUT2D eigenvalue weighted by molar-refractivity contribution is -0.0323. The van der Waals surface area contributed by atoms with E-state index < -0.39 is 17.3 Å². The zero-order chi connectivity index (χ0) is 23.0. The molecule has 1 saturated carbocycles. The third kappa shape index (κ3) is 4.52. The molecule has 3 aromatic rings. The number of hydrogen-bond donors (Lipinski definition) is 2. The van der Waals surface area contributed by atoms with Crippen LogP contribution in [-0.4, -0.2) is 30.7 Å². The largest absolute Gasteiger partial charge is 0.368 e. The lowest BCUT2D eigenvalue weighted by Gasteiger charge is -2.27. The quantitative estimate of drug-likeness (QED) is 0.524. The van der Waals surface area contributed by atoms with Gasteiger partial charge in [0.1, 0.15) is 17.0 Å². The van der Waals surface area contributed by atoms with E-state index in [9.17, 15) is 18.0 Å². The van der Waals surface area contributed by atoms with Crippen LogP contribution in [0.3, 0.4) is 0 Å². The van der Waals surface area contributed by atoms with Gasteiger partial charge in [-0.1, -0.05) is 6.07 Å². The Morgan fingerprint density at radius 3 is 2.62 bits per heavy atom. The van der Waals surface area contributed by atoms with Crippen molar-refractivity contribution in [3.05, 3.63) is 40.6 Å². The number of halogens is 3. The molecule has 1 fully saturated rings. The van der Waals surface area contributed by atoms with Gasteiger partial charge in [-0.3, -0.25) is 9.36 Å². The number of nitrogens with two attached hydrogens (primary N) is 1. The second-order valence-electron chi connectivity index (χ2n) is 8.14. The molecule has 2 aromatic heterocycles. The van der Waals surface area contributed by atoms with Gasteiger partial charge in [0.05, 0.1) is 11.9 Å². The van der Waals surface area contributed by atoms with Gasteiger partial charge in [-0.2, -0.15) is 4.98 Å². The van der Waals surface area contributed by atoms with Gasteiger partial charge in [-0.25, -0.2) is 23.1 Å². The van der Waals surface area contributed by atoms with E-state index in [1.807, 2.05) is 13.8 Å². The van der Waals surface area contributed by atoms with Crippen LogP contribution >= 0.6 is 11.9 Å². The van der Waals surface area contributed by atoms with Crippen molar-refractivity contribution in [3.8, 4) is 11.3 Å². The van der Waals surface area contributed by atoms with Crippen LogP contribution in [0, 0.1) is 5.82 Å². The van der Waals surface area contributed by atoms with Crippen LogP contribution < -0.4 is 16.0 Å². The Kier molecular flexibility index (Phi) is 6.02. The zero-order valence-corrected chi connectivity index (χ0v) is 18.4. The van der Waals surface area contributed by atoms with Gasteiger partial charge in [0.15, 0.2) is 5.65 Å². The molecule has 0 aliphatic heterocycles. The molecule has 32 heavy (non-hydrogen) atoms. The van der Waals surface area contributed by atoms with Gasteiger partial charge < -0.3 is 10.5 Å². The molecule has 0 unspecified atom stereocenters. The van der Waals surface area contributed by atoms with Crippen LogP contribution in [0.25, 0.3) is 22.4 Å². The lowest BCUT2D eigenvalue weighted by Crippen LogP contribution is -2.26. The van der Waals surface area contributed by atoms with Crippen molar-refractivity contribution in [2.24, 2.45) is 0 Å². The van der Waals surface area contributed by atoms with Crippen molar-refractivity contribution in [2.45, 2.75) is 56.7 Å². The summed E-state index contributed by atoms with van der Waals surface area (Å²) in [6.45, 7) is 3.66. The molecule has 7 nitrogen and oxygen atoms in total. The Bertz CT molecular complexity index is 1210. The van der Waals surface area contributed by atoms with E-state index in [1.165, 1.54) is 34.8 Å². The van der Waals surface area contributed by atoms with Gasteiger partial charge in [-0.15, -0.1) is 0 Å². The van der Waals surface area contributed by atoms with Crippen LogP contribution in [-0.2, 0) is 0 Å². The number of fused-ring (bicyclic) bond motifs is 1. The molecule has 0 amide bonds. The minimum atomic E-state index is -2.60. The summed E-state index contributed by atoms with van der Waals surface area (Å²) in [4.78, 5) is 25.5. The van der Waals surface area contributed by atoms with Crippen molar-refractivity contribution in [1.82, 2.24) is 19.5 Å². The summed E-state index contributed by atoms with van der Waals surface area (Å²) in [5.74, 6) is -3.14. The summed E-state index contributed by atoms with van der Waals surface area (Å²) in [6, 6.07) is 4.11. The van der Waals surface area contributed by atoms with Crippen LogP contribution in [0.4, 0.5) is 24.8 Å². The molecular weight excluding hydrogens is 441 g/mol. The molecule has 1 aromatic carbocycles. The zero-order valence-electron chi connectivity index (χ0n) is 17.6. The number of aromatic nitrogens is 4. The van der Waals surface area contributed by atoms with Crippen molar-refractivity contribution in [2.75, 3.05) is 10.5 Å². The Hall–Kier alpha value is -2.82. The predicted octanol–water partition coefficient (Wildman–Crippen LogP) is 4.79. The number of nitrogens with one attached hydrogen (secondary N) is 1. The lowest BCUT2D eigenvalue weighted by atomic mass is 9.96. The molecule has 0 saturated heterocycles. The van der Waals surface area contributed by atoms with Gasteiger partial charge in [0, 0.05) is 29.7 Å². The summed E-state index contributed by atoms with van der Waals surface area (Å²) in [6.07, 6.45) is 1.85. The molecule has 0 radical (unpaired) electrons. The van der Waals surface area contributed by atoms with Gasteiger partial charge >= 0.3 is 0 Å². The minimum absolute atomic E-state index is 0.0125. The Balaban J connectivity index is 1.61. The van der Waals surface area contributed by atoms with E-state index in [2.05, 4.69) is 19.7 Å². The standard InChI is InChI=1S/C21H23F3N6OS/c1-11(2)30-18-16(10-26-20(25)28-18)27-17(19(30)31)12-3-4-15(14(22)9-12)29-32-13-5-7-21(23,24)8-6-13/h3-4,9-11,13,29H,5-8H2,1-2H3,(H2,25,26,28). The molecule has 0 atom stereocenters. The van der Waals surface area contributed by atoms with E-state index in [-0.39, 0.29) is 41.5 Å². The van der Waals surface area contributed by atoms with E-state index in [4.69, 9.17) is 5.73 Å². The highest BCUT2D eigenvalue weighted by atomic mass is 32.2. The van der Waals surface area contributed by atoms with E-state index in [1.54, 1.807) is 6.07 Å². The fraction of sp³-hybridized carbons (Fsp3) is 0.429. The van der Waals surface area contributed by atoms with Crippen LogP contribution in [0.15, 0.2) is 29.2 Å². The summed E-state index contributed by atoms with van der Waals surface area (Å²) >= 11 is 1.25. The highest BCUT2D eigenvalue weighted by molar-refractivity contribution is 8.01. The number of anilines is 2. The van der Waals surface area contributed by atoms with Crippen molar-refractivity contribution >= 4 is 34.7 Å². The number of nitrogen functional groups attached to an aromatic ring is 1. The third-order valence-electron chi connectivity index (χ3n) is 5.41. The highest BCUT2D eigenvalue weighted by Crippen LogP contribution is 2.38. The topological polar surface area (TPSA) is 98.7 Å². The fourth-order valence-corrected chi connectivity index (χ4v) is 4.64. The average molecular weight is 465 g/mol.